The Bertz CT molecular complexity index is 758. The minimum absolute atomic E-state index is 0.142. The average molecular weight is 314 g/mol. The van der Waals surface area contributed by atoms with E-state index in [1.807, 2.05) is 0 Å². The second-order valence-electron chi connectivity index (χ2n) is 7.08. The highest BCUT2D eigenvalue weighted by atomic mass is 14.3. The monoisotopic (exact) mass is 314 g/mol. The molecule has 0 aromatic heterocycles. The molecular weight excluding hydrogens is 288 g/mol. The van der Waals surface area contributed by atoms with Gasteiger partial charge in [0.15, 0.2) is 0 Å². The van der Waals surface area contributed by atoms with E-state index >= 15 is 0 Å². The Hall–Kier alpha value is -2.34. The van der Waals surface area contributed by atoms with Gasteiger partial charge in [-0.1, -0.05) is 97.4 Å². The topological polar surface area (TPSA) is 0 Å². The molecule has 0 spiro atoms. The highest BCUT2D eigenvalue weighted by Crippen LogP contribution is 2.33. The van der Waals surface area contributed by atoms with Crippen molar-refractivity contribution in [2.75, 3.05) is 0 Å². The molecule has 0 aliphatic carbocycles. The maximum atomic E-state index is 2.41. The van der Waals surface area contributed by atoms with Gasteiger partial charge < -0.3 is 0 Å². The Morgan fingerprint density at radius 3 is 1.96 bits per heavy atom. The lowest BCUT2D eigenvalue weighted by atomic mass is 9.73. The summed E-state index contributed by atoms with van der Waals surface area (Å²) in [5, 5.41) is 0. The van der Waals surface area contributed by atoms with Crippen LogP contribution in [0.2, 0.25) is 0 Å². The highest BCUT2D eigenvalue weighted by Gasteiger charge is 2.27. The van der Waals surface area contributed by atoms with Crippen molar-refractivity contribution in [2.45, 2.75) is 38.5 Å². The maximum absolute atomic E-state index is 2.41. The van der Waals surface area contributed by atoms with Crippen LogP contribution >= 0.6 is 0 Å². The van der Waals surface area contributed by atoms with Crippen molar-refractivity contribution in [3.05, 3.63) is 107 Å². The van der Waals surface area contributed by atoms with Gasteiger partial charge in [0.05, 0.1) is 0 Å². The van der Waals surface area contributed by atoms with Gasteiger partial charge in [-0.05, 0) is 48.3 Å². The van der Waals surface area contributed by atoms with E-state index in [0.717, 1.165) is 19.3 Å². The molecular formula is C24H26. The first-order valence-corrected chi connectivity index (χ1v) is 8.81. The van der Waals surface area contributed by atoms with Crippen molar-refractivity contribution in [2.24, 2.45) is 0 Å². The smallest absolute Gasteiger partial charge is 0.00317 e. The van der Waals surface area contributed by atoms with Gasteiger partial charge >= 0.3 is 0 Å². The summed E-state index contributed by atoms with van der Waals surface area (Å²) >= 11 is 0. The normalized spacial score (nSPS) is 13.4. The molecule has 0 amide bonds. The first-order chi connectivity index (χ1) is 11.7. The molecule has 0 fully saturated rings. The van der Waals surface area contributed by atoms with E-state index in [-0.39, 0.29) is 5.41 Å². The van der Waals surface area contributed by atoms with Gasteiger partial charge in [0.1, 0.15) is 0 Å². The van der Waals surface area contributed by atoms with Crippen LogP contribution in [0.15, 0.2) is 84.9 Å². The minimum Gasteiger partial charge on any atom is -0.0622 e. The summed E-state index contributed by atoms with van der Waals surface area (Å²) in [6, 6.07) is 30.7. The lowest BCUT2D eigenvalue weighted by molar-refractivity contribution is 0.430. The zero-order valence-electron chi connectivity index (χ0n) is 14.7. The van der Waals surface area contributed by atoms with Crippen molar-refractivity contribution in [1.82, 2.24) is 0 Å². The first kappa shape index (κ1) is 16.5. The zero-order chi connectivity index (χ0) is 16.8. The van der Waals surface area contributed by atoms with E-state index < -0.39 is 0 Å². The summed E-state index contributed by atoms with van der Waals surface area (Å²) in [7, 11) is 0. The Labute approximate surface area is 146 Å². The van der Waals surface area contributed by atoms with Crippen molar-refractivity contribution >= 4 is 0 Å². The largest absolute Gasteiger partial charge is 0.0622 e. The van der Waals surface area contributed by atoms with Crippen molar-refractivity contribution in [1.29, 1.82) is 0 Å². The summed E-state index contributed by atoms with van der Waals surface area (Å²) in [6.07, 6.45) is 3.33. The highest BCUT2D eigenvalue weighted by molar-refractivity contribution is 5.32. The Morgan fingerprint density at radius 2 is 1.33 bits per heavy atom. The summed E-state index contributed by atoms with van der Waals surface area (Å²) in [5.74, 6) is 0. The molecule has 0 heterocycles. The van der Waals surface area contributed by atoms with Gasteiger partial charge in [-0.2, -0.15) is 0 Å². The predicted molar refractivity (Wildman–Crippen MR) is 103 cm³/mol. The third kappa shape index (κ3) is 4.14. The number of benzene rings is 3. The van der Waals surface area contributed by atoms with Crippen LogP contribution in [0.25, 0.3) is 0 Å². The summed E-state index contributed by atoms with van der Waals surface area (Å²) in [6.45, 7) is 4.60. The summed E-state index contributed by atoms with van der Waals surface area (Å²) in [4.78, 5) is 0. The van der Waals surface area contributed by atoms with Gasteiger partial charge in [0, 0.05) is 0 Å². The Morgan fingerprint density at radius 1 is 0.708 bits per heavy atom. The second-order valence-corrected chi connectivity index (χ2v) is 7.08. The van der Waals surface area contributed by atoms with Gasteiger partial charge in [0.2, 0.25) is 0 Å². The molecule has 0 radical (unpaired) electrons. The molecule has 0 N–H and O–H groups in total. The fourth-order valence-electron chi connectivity index (χ4n) is 3.47. The van der Waals surface area contributed by atoms with E-state index in [1.54, 1.807) is 0 Å². The molecule has 1 atom stereocenters. The molecule has 0 bridgehead atoms. The van der Waals surface area contributed by atoms with Crippen LogP contribution in [0, 0.1) is 6.92 Å². The van der Waals surface area contributed by atoms with Gasteiger partial charge in [-0.3, -0.25) is 0 Å². The van der Waals surface area contributed by atoms with Crippen LogP contribution in [-0.4, -0.2) is 0 Å². The van der Waals surface area contributed by atoms with Crippen molar-refractivity contribution in [3.63, 3.8) is 0 Å². The van der Waals surface area contributed by atoms with Gasteiger partial charge in [-0.25, -0.2) is 0 Å². The number of aryl methyl sites for hydroxylation is 2. The molecule has 3 rings (SSSR count). The lowest BCUT2D eigenvalue weighted by Crippen LogP contribution is -2.26. The maximum Gasteiger partial charge on any atom is -0.00317 e. The molecule has 0 heteroatoms. The Kier molecular flexibility index (Phi) is 5.15. The minimum atomic E-state index is 0.142. The van der Waals surface area contributed by atoms with E-state index in [9.17, 15) is 0 Å². The molecule has 3 aromatic carbocycles. The molecule has 0 aliphatic rings. The molecule has 122 valence electrons. The lowest BCUT2D eigenvalue weighted by Gasteiger charge is -2.31. The standard InChI is InChI=1S/C24H26/c1-20-10-9-15-23(18-20)24(2,19-22-13-7-4-8-14-22)17-16-21-11-5-3-6-12-21/h3-15,18H,16-17,19H2,1-2H3. The first-order valence-electron chi connectivity index (χ1n) is 8.81. The zero-order valence-corrected chi connectivity index (χ0v) is 14.7. The second kappa shape index (κ2) is 7.49. The Balaban J connectivity index is 1.87. The molecule has 0 saturated heterocycles. The van der Waals surface area contributed by atoms with E-state index in [2.05, 4.69) is 98.8 Å². The summed E-state index contributed by atoms with van der Waals surface area (Å²) in [5.41, 5.74) is 5.76. The van der Waals surface area contributed by atoms with E-state index in [1.165, 1.54) is 22.3 Å². The van der Waals surface area contributed by atoms with E-state index in [0.29, 0.717) is 0 Å². The quantitative estimate of drug-likeness (QED) is 0.513. The fourth-order valence-corrected chi connectivity index (χ4v) is 3.47. The van der Waals surface area contributed by atoms with E-state index in [4.69, 9.17) is 0 Å². The molecule has 3 aromatic rings. The molecule has 24 heavy (non-hydrogen) atoms. The molecule has 0 nitrogen and oxygen atoms in total. The summed E-state index contributed by atoms with van der Waals surface area (Å²) < 4.78 is 0. The van der Waals surface area contributed by atoms with Crippen LogP contribution in [0.4, 0.5) is 0 Å². The predicted octanol–water partition coefficient (Wildman–Crippen LogP) is 6.13. The third-order valence-corrected chi connectivity index (χ3v) is 4.96. The van der Waals surface area contributed by atoms with Crippen molar-refractivity contribution < 1.29 is 0 Å². The third-order valence-electron chi connectivity index (χ3n) is 4.96. The SMILES string of the molecule is Cc1cccc(C(C)(CCc2ccccc2)Cc2ccccc2)c1. The molecule has 0 saturated carbocycles. The van der Waals surface area contributed by atoms with Crippen LogP contribution in [0.5, 0.6) is 0 Å². The van der Waals surface area contributed by atoms with Gasteiger partial charge in [0.25, 0.3) is 0 Å². The fraction of sp³-hybridized carbons (Fsp3) is 0.250. The van der Waals surface area contributed by atoms with Crippen LogP contribution in [0.1, 0.15) is 35.6 Å². The van der Waals surface area contributed by atoms with Crippen LogP contribution in [-0.2, 0) is 18.3 Å². The average Bonchev–Trinajstić information content (AvgIpc) is 2.62. The van der Waals surface area contributed by atoms with Crippen LogP contribution in [0.3, 0.4) is 0 Å². The molecule has 1 unspecified atom stereocenters. The number of hydrogen-bond acceptors (Lipinski definition) is 0. The van der Waals surface area contributed by atoms with Crippen molar-refractivity contribution in [3.8, 4) is 0 Å². The van der Waals surface area contributed by atoms with Gasteiger partial charge in [-0.15, -0.1) is 0 Å². The van der Waals surface area contributed by atoms with Crippen LogP contribution < -0.4 is 0 Å². The number of rotatable bonds is 6. The molecule has 0 aliphatic heterocycles. The number of hydrogen-bond donors (Lipinski definition) is 0.